The zero-order chi connectivity index (χ0) is 19.9. The van der Waals surface area contributed by atoms with Gasteiger partial charge in [0.05, 0.1) is 30.2 Å². The summed E-state index contributed by atoms with van der Waals surface area (Å²) in [6.45, 7) is 2.10. The van der Waals surface area contributed by atoms with E-state index in [2.05, 4.69) is 28.6 Å². The third-order valence-corrected chi connectivity index (χ3v) is 4.25. The van der Waals surface area contributed by atoms with Gasteiger partial charge in [0.15, 0.2) is 0 Å². The molecule has 0 saturated carbocycles. The van der Waals surface area contributed by atoms with Crippen LogP contribution in [0.2, 0.25) is 0 Å². The summed E-state index contributed by atoms with van der Waals surface area (Å²) in [6, 6.07) is 18.1. The predicted molar refractivity (Wildman–Crippen MR) is 109 cm³/mol. The number of carbonyl (C=O) groups excluding carboxylic acids is 2. The van der Waals surface area contributed by atoms with Gasteiger partial charge in [-0.15, -0.1) is 0 Å². The first-order valence-electron chi connectivity index (χ1n) is 8.92. The standard InChI is InChI=1S/C22H21N3O3/c1-3-15-8-4-6-10-18(15)24-16-12-13-20(23-14-16)21(26)25-19-11-7-5-9-17(19)22(27)28-2/h4-14,24H,3H2,1-2H3,(H,25,26). The lowest BCUT2D eigenvalue weighted by molar-refractivity contribution is 0.0602. The Morgan fingerprint density at radius 3 is 2.36 bits per heavy atom. The molecule has 1 heterocycles. The fourth-order valence-corrected chi connectivity index (χ4v) is 2.77. The van der Waals surface area contributed by atoms with Gasteiger partial charge in [0.2, 0.25) is 0 Å². The number of rotatable bonds is 6. The number of nitrogens with zero attached hydrogens (tertiary/aromatic N) is 1. The van der Waals surface area contributed by atoms with Crippen LogP contribution in [-0.4, -0.2) is 24.0 Å². The third-order valence-electron chi connectivity index (χ3n) is 4.25. The van der Waals surface area contributed by atoms with Crippen molar-refractivity contribution in [1.29, 1.82) is 0 Å². The Balaban J connectivity index is 1.73. The Morgan fingerprint density at radius 2 is 1.68 bits per heavy atom. The third kappa shape index (κ3) is 4.35. The van der Waals surface area contributed by atoms with Crippen LogP contribution in [0.15, 0.2) is 66.9 Å². The molecule has 0 radical (unpaired) electrons. The minimum Gasteiger partial charge on any atom is -0.465 e. The molecule has 2 N–H and O–H groups in total. The lowest BCUT2D eigenvalue weighted by atomic mass is 10.1. The van der Waals surface area contributed by atoms with Gasteiger partial charge < -0.3 is 15.4 Å². The number of ether oxygens (including phenoxy) is 1. The molecule has 6 nitrogen and oxygen atoms in total. The van der Waals surface area contributed by atoms with Crippen molar-refractivity contribution in [2.75, 3.05) is 17.7 Å². The van der Waals surface area contributed by atoms with E-state index in [9.17, 15) is 9.59 Å². The molecule has 3 rings (SSSR count). The maximum Gasteiger partial charge on any atom is 0.339 e. The molecule has 3 aromatic rings. The monoisotopic (exact) mass is 375 g/mol. The van der Waals surface area contributed by atoms with E-state index in [1.807, 2.05) is 18.2 Å². The Morgan fingerprint density at radius 1 is 0.964 bits per heavy atom. The number of benzene rings is 2. The SMILES string of the molecule is CCc1ccccc1Nc1ccc(C(=O)Nc2ccccc2C(=O)OC)nc1. The van der Waals surface area contributed by atoms with Crippen LogP contribution in [0, 0.1) is 0 Å². The average Bonchev–Trinajstić information content (AvgIpc) is 2.74. The summed E-state index contributed by atoms with van der Waals surface area (Å²) in [5, 5.41) is 6.02. The summed E-state index contributed by atoms with van der Waals surface area (Å²) in [5.74, 6) is -0.921. The van der Waals surface area contributed by atoms with Gasteiger partial charge in [0, 0.05) is 5.69 Å². The summed E-state index contributed by atoms with van der Waals surface area (Å²) >= 11 is 0. The summed E-state index contributed by atoms with van der Waals surface area (Å²) in [5.41, 5.74) is 3.90. The van der Waals surface area contributed by atoms with Crippen molar-refractivity contribution in [1.82, 2.24) is 4.98 Å². The van der Waals surface area contributed by atoms with Gasteiger partial charge in [-0.25, -0.2) is 9.78 Å². The molecule has 142 valence electrons. The highest BCUT2D eigenvalue weighted by Gasteiger charge is 2.15. The van der Waals surface area contributed by atoms with Gasteiger partial charge >= 0.3 is 5.97 Å². The number of hydrogen-bond acceptors (Lipinski definition) is 5. The highest BCUT2D eigenvalue weighted by atomic mass is 16.5. The molecule has 1 amide bonds. The highest BCUT2D eigenvalue weighted by Crippen LogP contribution is 2.21. The second-order valence-corrected chi connectivity index (χ2v) is 6.06. The van der Waals surface area contributed by atoms with Crippen molar-refractivity contribution < 1.29 is 14.3 Å². The molecule has 6 heteroatoms. The van der Waals surface area contributed by atoms with Gasteiger partial charge in [-0.1, -0.05) is 37.3 Å². The summed E-state index contributed by atoms with van der Waals surface area (Å²) < 4.78 is 4.74. The van der Waals surface area contributed by atoms with E-state index in [-0.39, 0.29) is 11.3 Å². The van der Waals surface area contributed by atoms with Crippen molar-refractivity contribution in [3.05, 3.63) is 83.7 Å². The first-order valence-corrected chi connectivity index (χ1v) is 8.92. The summed E-state index contributed by atoms with van der Waals surface area (Å²) in [7, 11) is 1.30. The number of pyridine rings is 1. The van der Waals surface area contributed by atoms with E-state index >= 15 is 0 Å². The minimum absolute atomic E-state index is 0.244. The Hall–Kier alpha value is -3.67. The van der Waals surface area contributed by atoms with Crippen LogP contribution >= 0.6 is 0 Å². The fraction of sp³-hybridized carbons (Fsp3) is 0.136. The van der Waals surface area contributed by atoms with Crippen molar-refractivity contribution in [2.45, 2.75) is 13.3 Å². The van der Waals surface area contributed by atoms with Gasteiger partial charge in [-0.3, -0.25) is 4.79 Å². The van der Waals surface area contributed by atoms with Gasteiger partial charge in [-0.05, 0) is 42.3 Å². The average molecular weight is 375 g/mol. The molecule has 0 unspecified atom stereocenters. The highest BCUT2D eigenvalue weighted by molar-refractivity contribution is 6.07. The molecule has 0 atom stereocenters. The zero-order valence-electron chi connectivity index (χ0n) is 15.7. The van der Waals surface area contributed by atoms with Crippen molar-refractivity contribution in [2.24, 2.45) is 0 Å². The quantitative estimate of drug-likeness (QED) is 0.623. The van der Waals surface area contributed by atoms with E-state index in [4.69, 9.17) is 4.74 Å². The number of esters is 1. The summed E-state index contributed by atoms with van der Waals surface area (Å²) in [4.78, 5) is 28.6. The number of para-hydroxylation sites is 2. The van der Waals surface area contributed by atoms with Crippen LogP contribution < -0.4 is 10.6 Å². The van der Waals surface area contributed by atoms with Crippen LogP contribution in [0.25, 0.3) is 0 Å². The minimum atomic E-state index is -0.516. The van der Waals surface area contributed by atoms with Gasteiger partial charge in [-0.2, -0.15) is 0 Å². The lowest BCUT2D eigenvalue weighted by Crippen LogP contribution is -2.16. The second-order valence-electron chi connectivity index (χ2n) is 6.06. The van der Waals surface area contributed by atoms with Gasteiger partial charge in [0.25, 0.3) is 5.91 Å². The predicted octanol–water partition coefficient (Wildman–Crippen LogP) is 4.43. The number of aromatic nitrogens is 1. The van der Waals surface area contributed by atoms with E-state index in [0.717, 1.165) is 17.8 Å². The molecule has 2 aromatic carbocycles. The number of hydrogen-bond donors (Lipinski definition) is 2. The zero-order valence-corrected chi connectivity index (χ0v) is 15.7. The van der Waals surface area contributed by atoms with Crippen molar-refractivity contribution in [3.63, 3.8) is 0 Å². The number of amides is 1. The first kappa shape index (κ1) is 19.1. The number of carbonyl (C=O) groups is 2. The second kappa shape index (κ2) is 8.81. The van der Waals surface area contributed by atoms with E-state index in [1.165, 1.54) is 12.7 Å². The molecule has 0 aliphatic carbocycles. The maximum atomic E-state index is 12.5. The lowest BCUT2D eigenvalue weighted by Gasteiger charge is -2.11. The number of nitrogens with one attached hydrogen (secondary N) is 2. The van der Waals surface area contributed by atoms with E-state index in [1.54, 1.807) is 42.6 Å². The molecular weight excluding hydrogens is 354 g/mol. The molecule has 0 aliphatic rings. The molecular formula is C22H21N3O3. The van der Waals surface area contributed by atoms with E-state index in [0.29, 0.717) is 5.69 Å². The van der Waals surface area contributed by atoms with Crippen molar-refractivity contribution >= 4 is 28.9 Å². The molecule has 0 fully saturated rings. The molecule has 0 saturated heterocycles. The topological polar surface area (TPSA) is 80.3 Å². The summed E-state index contributed by atoms with van der Waals surface area (Å²) in [6.07, 6.45) is 2.52. The number of methoxy groups -OCH3 is 1. The van der Waals surface area contributed by atoms with Crippen LogP contribution in [0.5, 0.6) is 0 Å². The Kier molecular flexibility index (Phi) is 6.01. The maximum absolute atomic E-state index is 12.5. The Bertz CT molecular complexity index is 984. The Labute approximate surface area is 163 Å². The molecule has 0 bridgehead atoms. The van der Waals surface area contributed by atoms with Crippen LogP contribution in [0.1, 0.15) is 33.3 Å². The molecule has 28 heavy (non-hydrogen) atoms. The van der Waals surface area contributed by atoms with Crippen LogP contribution in [0.4, 0.5) is 17.1 Å². The van der Waals surface area contributed by atoms with Crippen LogP contribution in [-0.2, 0) is 11.2 Å². The van der Waals surface area contributed by atoms with Crippen molar-refractivity contribution in [3.8, 4) is 0 Å². The normalized spacial score (nSPS) is 10.2. The number of aryl methyl sites for hydroxylation is 1. The van der Waals surface area contributed by atoms with Gasteiger partial charge in [0.1, 0.15) is 5.69 Å². The number of anilines is 3. The molecule has 1 aromatic heterocycles. The van der Waals surface area contributed by atoms with Crippen LogP contribution in [0.3, 0.4) is 0 Å². The molecule has 0 aliphatic heterocycles. The largest absolute Gasteiger partial charge is 0.465 e. The van der Waals surface area contributed by atoms with E-state index < -0.39 is 11.9 Å². The fourth-order valence-electron chi connectivity index (χ4n) is 2.77. The smallest absolute Gasteiger partial charge is 0.339 e. The molecule has 0 spiro atoms. The first-order chi connectivity index (χ1) is 13.6.